The van der Waals surface area contributed by atoms with Crippen molar-refractivity contribution in [3.05, 3.63) is 28.8 Å². The highest BCUT2D eigenvalue weighted by atomic mass is 35.5. The third kappa shape index (κ3) is 4.00. The minimum Gasteiger partial charge on any atom is -0.491 e. The molecular weight excluding hydrogens is 224 g/mol. The Hall–Kier alpha value is -0.770. The maximum atomic E-state index is 6.09. The molecule has 0 aliphatic rings. The van der Waals surface area contributed by atoms with Crippen LogP contribution in [-0.4, -0.2) is 32.1 Å². The largest absolute Gasteiger partial charge is 0.491 e. The predicted molar refractivity (Wildman–Crippen MR) is 68.1 cm³/mol. The third-order valence-electron chi connectivity index (χ3n) is 2.28. The molecule has 3 nitrogen and oxygen atoms in total. The Labute approximate surface area is 102 Å². The van der Waals surface area contributed by atoms with E-state index in [9.17, 15) is 0 Å². The second-order valence-electron chi connectivity index (χ2n) is 4.13. The minimum atomic E-state index is -0.00618. The molecule has 1 aromatic carbocycles. The molecule has 0 radical (unpaired) electrons. The van der Waals surface area contributed by atoms with E-state index >= 15 is 0 Å². The van der Waals surface area contributed by atoms with Crippen LogP contribution in [0.1, 0.15) is 18.5 Å². The van der Waals surface area contributed by atoms with Crippen molar-refractivity contribution in [2.24, 2.45) is 5.73 Å². The van der Waals surface area contributed by atoms with Crippen LogP contribution in [0.25, 0.3) is 0 Å². The highest BCUT2D eigenvalue weighted by Gasteiger charge is 2.05. The number of ether oxygens (including phenoxy) is 1. The van der Waals surface area contributed by atoms with Crippen LogP contribution in [0.15, 0.2) is 18.2 Å². The number of hydrogen-bond donors (Lipinski definition) is 1. The van der Waals surface area contributed by atoms with Gasteiger partial charge in [-0.15, -0.1) is 0 Å². The Morgan fingerprint density at radius 1 is 1.44 bits per heavy atom. The van der Waals surface area contributed by atoms with E-state index in [1.807, 2.05) is 39.2 Å². The highest BCUT2D eigenvalue weighted by molar-refractivity contribution is 6.32. The summed E-state index contributed by atoms with van der Waals surface area (Å²) in [5.41, 5.74) is 6.78. The van der Waals surface area contributed by atoms with Crippen LogP contribution in [0.4, 0.5) is 0 Å². The summed E-state index contributed by atoms with van der Waals surface area (Å²) in [7, 11) is 4.01. The van der Waals surface area contributed by atoms with E-state index in [0.29, 0.717) is 17.4 Å². The molecule has 2 N–H and O–H groups in total. The van der Waals surface area contributed by atoms with E-state index in [1.54, 1.807) is 0 Å². The van der Waals surface area contributed by atoms with Gasteiger partial charge in [-0.1, -0.05) is 17.7 Å². The molecule has 0 heterocycles. The molecule has 0 aromatic heterocycles. The van der Waals surface area contributed by atoms with E-state index in [4.69, 9.17) is 22.1 Å². The zero-order chi connectivity index (χ0) is 12.1. The Morgan fingerprint density at radius 3 is 2.62 bits per heavy atom. The highest BCUT2D eigenvalue weighted by Crippen LogP contribution is 2.27. The van der Waals surface area contributed by atoms with Gasteiger partial charge in [-0.25, -0.2) is 0 Å². The van der Waals surface area contributed by atoms with Crippen molar-refractivity contribution >= 4 is 11.6 Å². The van der Waals surface area contributed by atoms with Crippen molar-refractivity contribution in [2.45, 2.75) is 13.0 Å². The van der Waals surface area contributed by atoms with Gasteiger partial charge in [0.15, 0.2) is 0 Å². The number of nitrogens with two attached hydrogens (primary N) is 1. The van der Waals surface area contributed by atoms with Gasteiger partial charge < -0.3 is 15.4 Å². The first-order valence-electron chi connectivity index (χ1n) is 5.33. The molecule has 0 fully saturated rings. The first-order valence-corrected chi connectivity index (χ1v) is 5.71. The fourth-order valence-corrected chi connectivity index (χ4v) is 1.50. The fraction of sp³-hybridized carbons (Fsp3) is 0.500. The lowest BCUT2D eigenvalue weighted by Crippen LogP contribution is -2.19. The van der Waals surface area contributed by atoms with Gasteiger partial charge in [0.1, 0.15) is 12.4 Å². The van der Waals surface area contributed by atoms with Gasteiger partial charge >= 0.3 is 0 Å². The molecule has 0 spiro atoms. The van der Waals surface area contributed by atoms with E-state index < -0.39 is 0 Å². The summed E-state index contributed by atoms with van der Waals surface area (Å²) in [5.74, 6) is 0.716. The maximum absolute atomic E-state index is 6.09. The summed E-state index contributed by atoms with van der Waals surface area (Å²) in [4.78, 5) is 2.06. The van der Waals surface area contributed by atoms with E-state index in [2.05, 4.69) is 4.90 Å². The fourth-order valence-electron chi connectivity index (χ4n) is 1.26. The molecule has 0 bridgehead atoms. The summed E-state index contributed by atoms with van der Waals surface area (Å²) in [6.45, 7) is 3.42. The van der Waals surface area contributed by atoms with Gasteiger partial charge in [0.2, 0.25) is 0 Å². The van der Waals surface area contributed by atoms with Crippen LogP contribution >= 0.6 is 11.6 Å². The van der Waals surface area contributed by atoms with E-state index in [-0.39, 0.29) is 6.04 Å². The Morgan fingerprint density at radius 2 is 2.12 bits per heavy atom. The zero-order valence-corrected chi connectivity index (χ0v) is 10.8. The Bertz CT molecular complexity index is 340. The molecule has 0 aliphatic carbocycles. The van der Waals surface area contributed by atoms with Crippen LogP contribution in [0.3, 0.4) is 0 Å². The van der Waals surface area contributed by atoms with E-state index in [1.165, 1.54) is 0 Å². The van der Waals surface area contributed by atoms with Gasteiger partial charge in [0.05, 0.1) is 5.02 Å². The molecule has 0 amide bonds. The molecule has 0 saturated carbocycles. The average Bonchev–Trinajstić information content (AvgIpc) is 2.19. The molecule has 1 atom stereocenters. The van der Waals surface area contributed by atoms with Gasteiger partial charge in [0, 0.05) is 12.6 Å². The zero-order valence-electron chi connectivity index (χ0n) is 10.0. The number of halogens is 1. The number of benzene rings is 1. The minimum absolute atomic E-state index is 0.00618. The van der Waals surface area contributed by atoms with Gasteiger partial charge in [-0.05, 0) is 38.7 Å². The number of rotatable bonds is 5. The second-order valence-corrected chi connectivity index (χ2v) is 4.54. The third-order valence-corrected chi connectivity index (χ3v) is 2.57. The van der Waals surface area contributed by atoms with E-state index in [0.717, 1.165) is 12.1 Å². The molecule has 1 rings (SSSR count). The average molecular weight is 243 g/mol. The lowest BCUT2D eigenvalue weighted by molar-refractivity contribution is 0.261. The predicted octanol–water partition coefficient (Wildman–Crippen LogP) is 2.30. The van der Waals surface area contributed by atoms with Crippen LogP contribution in [0, 0.1) is 0 Å². The number of nitrogens with zero attached hydrogens (tertiary/aromatic N) is 1. The Balaban J connectivity index is 2.61. The molecular formula is C12H19ClN2O. The summed E-state index contributed by atoms with van der Waals surface area (Å²) < 4.78 is 5.57. The first kappa shape index (κ1) is 13.3. The first-order chi connectivity index (χ1) is 7.50. The molecule has 0 aliphatic heterocycles. The monoisotopic (exact) mass is 242 g/mol. The summed E-state index contributed by atoms with van der Waals surface area (Å²) in [6, 6.07) is 5.67. The standard InChI is InChI=1S/C12H19ClN2O/c1-9(14)10-4-5-12(11(13)8-10)16-7-6-15(2)3/h4-5,8-9H,6-7,14H2,1-3H3/t9-/m0/s1. The van der Waals surface area contributed by atoms with Crippen molar-refractivity contribution in [3.63, 3.8) is 0 Å². The lowest BCUT2D eigenvalue weighted by atomic mass is 10.1. The molecule has 1 aromatic rings. The van der Waals surface area contributed by atoms with Crippen LogP contribution in [0.5, 0.6) is 5.75 Å². The number of hydrogen-bond acceptors (Lipinski definition) is 3. The lowest BCUT2D eigenvalue weighted by Gasteiger charge is -2.13. The SMILES string of the molecule is C[C@H](N)c1ccc(OCCN(C)C)c(Cl)c1. The van der Waals surface area contributed by atoms with Crippen molar-refractivity contribution in [1.29, 1.82) is 0 Å². The van der Waals surface area contributed by atoms with Gasteiger partial charge in [-0.2, -0.15) is 0 Å². The Kier molecular flexibility index (Phi) is 5.06. The van der Waals surface area contributed by atoms with Gasteiger partial charge in [-0.3, -0.25) is 0 Å². The molecule has 4 heteroatoms. The summed E-state index contributed by atoms with van der Waals surface area (Å²) in [5, 5.41) is 0.619. The van der Waals surface area contributed by atoms with Gasteiger partial charge in [0.25, 0.3) is 0 Å². The molecule has 16 heavy (non-hydrogen) atoms. The van der Waals surface area contributed by atoms with Crippen molar-refractivity contribution in [3.8, 4) is 5.75 Å². The summed E-state index contributed by atoms with van der Waals surface area (Å²) >= 11 is 6.09. The van der Waals surface area contributed by atoms with Crippen molar-refractivity contribution in [1.82, 2.24) is 4.90 Å². The topological polar surface area (TPSA) is 38.5 Å². The quantitative estimate of drug-likeness (QED) is 0.861. The maximum Gasteiger partial charge on any atom is 0.137 e. The molecule has 0 unspecified atom stereocenters. The smallest absolute Gasteiger partial charge is 0.137 e. The van der Waals surface area contributed by atoms with Crippen LogP contribution in [0.2, 0.25) is 5.02 Å². The summed E-state index contributed by atoms with van der Waals surface area (Å²) in [6.07, 6.45) is 0. The van der Waals surface area contributed by atoms with Crippen LogP contribution in [-0.2, 0) is 0 Å². The normalized spacial score (nSPS) is 12.9. The van der Waals surface area contributed by atoms with Crippen molar-refractivity contribution < 1.29 is 4.74 Å². The molecule has 90 valence electrons. The van der Waals surface area contributed by atoms with Crippen LogP contribution < -0.4 is 10.5 Å². The second kappa shape index (κ2) is 6.09. The molecule has 0 saturated heterocycles. The number of likely N-dealkylation sites (N-methyl/N-ethyl adjacent to an activating group) is 1. The van der Waals surface area contributed by atoms with Crippen molar-refractivity contribution in [2.75, 3.05) is 27.2 Å².